The number of carbonyl (C=O) groups excluding carboxylic acids is 1. The number of hydrogen-bond acceptors (Lipinski definition) is 1. The van der Waals surface area contributed by atoms with Crippen molar-refractivity contribution in [2.45, 2.75) is 32.7 Å². The van der Waals surface area contributed by atoms with Crippen LogP contribution in [0.1, 0.15) is 26.7 Å². The molecule has 1 aliphatic rings. The maximum absolute atomic E-state index is 11.4. The van der Waals surface area contributed by atoms with E-state index in [-0.39, 0.29) is 5.91 Å². The molecule has 2 nitrogen and oxygen atoms in total. The van der Waals surface area contributed by atoms with Gasteiger partial charge in [0.1, 0.15) is 0 Å². The quantitative estimate of drug-likeness (QED) is 0.740. The molecular weight excluding hydrogens is 218 g/mol. The molecule has 0 radical (unpaired) electrons. The van der Waals surface area contributed by atoms with Gasteiger partial charge >= 0.3 is 0 Å². The first kappa shape index (κ1) is 10.0. The summed E-state index contributed by atoms with van der Waals surface area (Å²) >= 11 is 3.35. The fourth-order valence-corrected chi connectivity index (χ4v) is 1.96. The standard InChI is InChI=1S/C9H16BrNO/c1-6-5-8(6)9(12)11-7(2)3-4-10/h6-8H,3-5H2,1-2H3,(H,11,12). The van der Waals surface area contributed by atoms with Gasteiger partial charge in [-0.05, 0) is 25.7 Å². The van der Waals surface area contributed by atoms with Crippen LogP contribution in [0, 0.1) is 11.8 Å². The molecule has 1 fully saturated rings. The topological polar surface area (TPSA) is 29.1 Å². The average Bonchev–Trinajstić information content (AvgIpc) is 2.67. The monoisotopic (exact) mass is 233 g/mol. The van der Waals surface area contributed by atoms with E-state index >= 15 is 0 Å². The number of halogens is 1. The summed E-state index contributed by atoms with van der Waals surface area (Å²) in [5.74, 6) is 1.17. The summed E-state index contributed by atoms with van der Waals surface area (Å²) < 4.78 is 0. The van der Waals surface area contributed by atoms with Crippen molar-refractivity contribution in [3.05, 3.63) is 0 Å². The van der Waals surface area contributed by atoms with E-state index < -0.39 is 0 Å². The lowest BCUT2D eigenvalue weighted by molar-refractivity contribution is -0.123. The Labute approximate surface area is 82.2 Å². The predicted octanol–water partition coefficient (Wildman–Crippen LogP) is 1.93. The number of rotatable bonds is 4. The molecule has 3 unspecified atom stereocenters. The van der Waals surface area contributed by atoms with E-state index in [0.29, 0.717) is 17.9 Å². The summed E-state index contributed by atoms with van der Waals surface area (Å²) in [7, 11) is 0. The van der Waals surface area contributed by atoms with Gasteiger partial charge in [-0.3, -0.25) is 4.79 Å². The van der Waals surface area contributed by atoms with Gasteiger partial charge in [-0.1, -0.05) is 22.9 Å². The SMILES string of the molecule is CC(CCBr)NC(=O)C1CC1C. The first-order chi connectivity index (χ1) is 5.65. The molecular formula is C9H16BrNO. The minimum atomic E-state index is 0.246. The van der Waals surface area contributed by atoms with Crippen molar-refractivity contribution in [2.24, 2.45) is 11.8 Å². The van der Waals surface area contributed by atoms with Crippen molar-refractivity contribution in [3.63, 3.8) is 0 Å². The number of carbonyl (C=O) groups is 1. The zero-order valence-corrected chi connectivity index (χ0v) is 9.23. The first-order valence-corrected chi connectivity index (χ1v) is 5.63. The highest BCUT2D eigenvalue weighted by atomic mass is 79.9. The van der Waals surface area contributed by atoms with E-state index in [0.717, 1.165) is 18.2 Å². The zero-order valence-electron chi connectivity index (χ0n) is 7.64. The van der Waals surface area contributed by atoms with Gasteiger partial charge in [0.05, 0.1) is 0 Å². The van der Waals surface area contributed by atoms with E-state index in [1.54, 1.807) is 0 Å². The third-order valence-electron chi connectivity index (χ3n) is 2.38. The molecule has 3 atom stereocenters. The van der Waals surface area contributed by atoms with Crippen LogP contribution in [0.3, 0.4) is 0 Å². The molecule has 0 aromatic heterocycles. The van der Waals surface area contributed by atoms with Crippen LogP contribution in [0.25, 0.3) is 0 Å². The van der Waals surface area contributed by atoms with Crippen molar-refractivity contribution in [1.82, 2.24) is 5.32 Å². The van der Waals surface area contributed by atoms with Gasteiger partial charge < -0.3 is 5.32 Å². The average molecular weight is 234 g/mol. The van der Waals surface area contributed by atoms with Gasteiger partial charge in [-0.15, -0.1) is 0 Å². The second-order valence-corrected chi connectivity index (χ2v) is 4.50. The highest BCUT2D eigenvalue weighted by molar-refractivity contribution is 9.09. The molecule has 1 N–H and O–H groups in total. The molecule has 1 rings (SSSR count). The molecule has 0 bridgehead atoms. The number of amides is 1. The van der Waals surface area contributed by atoms with Gasteiger partial charge in [0.2, 0.25) is 5.91 Å². The van der Waals surface area contributed by atoms with E-state index in [9.17, 15) is 4.79 Å². The van der Waals surface area contributed by atoms with Crippen molar-refractivity contribution in [3.8, 4) is 0 Å². The summed E-state index contributed by atoms with van der Waals surface area (Å²) in [6, 6.07) is 0.310. The molecule has 70 valence electrons. The van der Waals surface area contributed by atoms with Gasteiger partial charge in [0.15, 0.2) is 0 Å². The molecule has 0 heterocycles. The molecule has 3 heteroatoms. The van der Waals surface area contributed by atoms with Crippen LogP contribution in [0.2, 0.25) is 0 Å². The van der Waals surface area contributed by atoms with E-state index in [2.05, 4.69) is 28.2 Å². The lowest BCUT2D eigenvalue weighted by Gasteiger charge is -2.11. The molecule has 0 aromatic rings. The Hall–Kier alpha value is -0.0500. The summed E-state index contributed by atoms with van der Waals surface area (Å²) in [6.07, 6.45) is 2.08. The first-order valence-electron chi connectivity index (χ1n) is 4.51. The van der Waals surface area contributed by atoms with Crippen LogP contribution in [0.4, 0.5) is 0 Å². The summed E-state index contributed by atoms with van der Waals surface area (Å²) in [6.45, 7) is 4.17. The molecule has 0 spiro atoms. The van der Waals surface area contributed by atoms with Gasteiger partial charge in [0.25, 0.3) is 0 Å². The Balaban J connectivity index is 2.17. The van der Waals surface area contributed by atoms with Crippen LogP contribution < -0.4 is 5.32 Å². The Morgan fingerprint density at radius 3 is 2.75 bits per heavy atom. The Morgan fingerprint density at radius 1 is 1.75 bits per heavy atom. The Bertz CT molecular complexity index is 172. The van der Waals surface area contributed by atoms with Crippen LogP contribution in [0.5, 0.6) is 0 Å². The van der Waals surface area contributed by atoms with Gasteiger partial charge in [-0.25, -0.2) is 0 Å². The van der Waals surface area contributed by atoms with E-state index in [1.807, 2.05) is 6.92 Å². The Kier molecular flexibility index (Phi) is 3.56. The van der Waals surface area contributed by atoms with Crippen LogP contribution in [-0.4, -0.2) is 17.3 Å². The third-order valence-corrected chi connectivity index (χ3v) is 2.83. The smallest absolute Gasteiger partial charge is 0.223 e. The van der Waals surface area contributed by atoms with Crippen molar-refractivity contribution >= 4 is 21.8 Å². The van der Waals surface area contributed by atoms with Crippen LogP contribution in [0.15, 0.2) is 0 Å². The molecule has 1 aliphatic carbocycles. The normalized spacial score (nSPS) is 29.6. The highest BCUT2D eigenvalue weighted by Crippen LogP contribution is 2.37. The summed E-state index contributed by atoms with van der Waals surface area (Å²) in [4.78, 5) is 11.4. The molecule has 0 saturated heterocycles. The minimum absolute atomic E-state index is 0.246. The van der Waals surface area contributed by atoms with E-state index in [1.165, 1.54) is 0 Å². The third kappa shape index (κ3) is 2.77. The van der Waals surface area contributed by atoms with Crippen LogP contribution >= 0.6 is 15.9 Å². The maximum atomic E-state index is 11.4. The van der Waals surface area contributed by atoms with Crippen LogP contribution in [-0.2, 0) is 4.79 Å². The second-order valence-electron chi connectivity index (χ2n) is 3.71. The molecule has 0 aliphatic heterocycles. The Morgan fingerprint density at radius 2 is 2.33 bits per heavy atom. The predicted molar refractivity (Wildman–Crippen MR) is 53.3 cm³/mol. The lowest BCUT2D eigenvalue weighted by Crippen LogP contribution is -2.34. The summed E-state index contributed by atoms with van der Waals surface area (Å²) in [5, 5.41) is 3.96. The maximum Gasteiger partial charge on any atom is 0.223 e. The van der Waals surface area contributed by atoms with Crippen molar-refractivity contribution in [1.29, 1.82) is 0 Å². The number of alkyl halides is 1. The number of hydrogen-bond donors (Lipinski definition) is 1. The largest absolute Gasteiger partial charge is 0.353 e. The van der Waals surface area contributed by atoms with Gasteiger partial charge in [0, 0.05) is 17.3 Å². The molecule has 1 amide bonds. The van der Waals surface area contributed by atoms with E-state index in [4.69, 9.17) is 0 Å². The van der Waals surface area contributed by atoms with Gasteiger partial charge in [-0.2, -0.15) is 0 Å². The van der Waals surface area contributed by atoms with Crippen molar-refractivity contribution in [2.75, 3.05) is 5.33 Å². The highest BCUT2D eigenvalue weighted by Gasteiger charge is 2.39. The molecule has 0 aromatic carbocycles. The molecule has 1 saturated carbocycles. The fraction of sp³-hybridized carbons (Fsp3) is 0.889. The fourth-order valence-electron chi connectivity index (χ4n) is 1.27. The zero-order chi connectivity index (χ0) is 9.14. The minimum Gasteiger partial charge on any atom is -0.353 e. The second kappa shape index (κ2) is 4.26. The lowest BCUT2D eigenvalue weighted by atomic mass is 10.2. The summed E-state index contributed by atoms with van der Waals surface area (Å²) in [5.41, 5.74) is 0. The molecule has 12 heavy (non-hydrogen) atoms. The number of nitrogens with one attached hydrogen (secondary N) is 1. The van der Waals surface area contributed by atoms with Crippen molar-refractivity contribution < 1.29 is 4.79 Å².